The fraction of sp³-hybridized carbons (Fsp3) is 0.333. The Hall–Kier alpha value is -3.01. The number of carbonyl (C=O) groups excluding carboxylic acids is 1. The van der Waals surface area contributed by atoms with Gasteiger partial charge in [-0.15, -0.1) is 11.3 Å². The highest BCUT2D eigenvalue weighted by molar-refractivity contribution is 7.12. The summed E-state index contributed by atoms with van der Waals surface area (Å²) in [4.78, 5) is 27.5. The monoisotopic (exact) mass is 496 g/mol. The molecule has 0 saturated carbocycles. The number of benzene rings is 1. The molecule has 8 nitrogen and oxygen atoms in total. The number of anilines is 1. The van der Waals surface area contributed by atoms with Crippen LogP contribution in [0.4, 0.5) is 5.82 Å². The van der Waals surface area contributed by atoms with Gasteiger partial charge in [-0.05, 0) is 43.0 Å². The van der Waals surface area contributed by atoms with Crippen molar-refractivity contribution in [2.75, 3.05) is 38.2 Å². The number of carbonyl (C=O) groups is 1. The first-order chi connectivity index (χ1) is 16.5. The van der Waals surface area contributed by atoms with Crippen LogP contribution in [0.3, 0.4) is 0 Å². The van der Waals surface area contributed by atoms with Crippen molar-refractivity contribution >= 4 is 45.7 Å². The number of methoxy groups -OCH3 is 1. The quantitative estimate of drug-likeness (QED) is 0.409. The molecule has 5 rings (SSSR count). The number of thiophene rings is 1. The van der Waals surface area contributed by atoms with Gasteiger partial charge in [0.2, 0.25) is 0 Å². The van der Waals surface area contributed by atoms with E-state index in [0.29, 0.717) is 42.7 Å². The summed E-state index contributed by atoms with van der Waals surface area (Å²) in [7, 11) is 1.63. The predicted molar refractivity (Wildman–Crippen MR) is 134 cm³/mol. The van der Waals surface area contributed by atoms with Crippen LogP contribution < -0.4 is 4.90 Å². The second-order valence-corrected chi connectivity index (χ2v) is 9.57. The van der Waals surface area contributed by atoms with Gasteiger partial charge in [-0.1, -0.05) is 23.7 Å². The summed E-state index contributed by atoms with van der Waals surface area (Å²) >= 11 is 7.73. The van der Waals surface area contributed by atoms with Crippen molar-refractivity contribution in [2.24, 2.45) is 0 Å². The normalized spacial score (nSPS) is 14.6. The number of fused-ring (bicyclic) bond motifs is 1. The first kappa shape index (κ1) is 22.8. The van der Waals surface area contributed by atoms with Crippen LogP contribution in [0.25, 0.3) is 16.7 Å². The van der Waals surface area contributed by atoms with Gasteiger partial charge in [0.15, 0.2) is 11.5 Å². The maximum Gasteiger partial charge on any atom is 0.263 e. The average molecular weight is 497 g/mol. The van der Waals surface area contributed by atoms with Crippen molar-refractivity contribution in [3.8, 4) is 5.69 Å². The maximum atomic E-state index is 12.9. The molecule has 34 heavy (non-hydrogen) atoms. The van der Waals surface area contributed by atoms with Gasteiger partial charge in [0.05, 0.1) is 21.6 Å². The van der Waals surface area contributed by atoms with Gasteiger partial charge in [-0.2, -0.15) is 5.10 Å². The van der Waals surface area contributed by atoms with E-state index < -0.39 is 0 Å². The molecule has 4 aromatic rings. The second-order valence-electron chi connectivity index (χ2n) is 8.18. The summed E-state index contributed by atoms with van der Waals surface area (Å²) < 4.78 is 7.17. The summed E-state index contributed by atoms with van der Waals surface area (Å²) in [6, 6.07) is 11.3. The van der Waals surface area contributed by atoms with Crippen molar-refractivity contribution in [2.45, 2.75) is 20.0 Å². The van der Waals surface area contributed by atoms with E-state index in [1.54, 1.807) is 7.11 Å². The van der Waals surface area contributed by atoms with Crippen LogP contribution in [0.5, 0.6) is 0 Å². The number of ether oxygens (including phenoxy) is 1. The number of nitrogens with zero attached hydrogens (tertiary/aromatic N) is 6. The molecule has 1 saturated heterocycles. The first-order valence-electron chi connectivity index (χ1n) is 11.1. The highest BCUT2D eigenvalue weighted by atomic mass is 35.5. The number of aryl methyl sites for hydroxylation is 1. The molecule has 0 unspecified atom stereocenters. The zero-order valence-corrected chi connectivity index (χ0v) is 20.6. The van der Waals surface area contributed by atoms with E-state index in [9.17, 15) is 4.79 Å². The van der Waals surface area contributed by atoms with Crippen LogP contribution in [-0.4, -0.2) is 63.8 Å². The van der Waals surface area contributed by atoms with Crippen molar-refractivity contribution < 1.29 is 9.53 Å². The molecule has 10 heteroatoms. The number of aromatic nitrogens is 4. The zero-order valence-electron chi connectivity index (χ0n) is 19.1. The van der Waals surface area contributed by atoms with E-state index in [4.69, 9.17) is 31.4 Å². The minimum atomic E-state index is 0.0923. The van der Waals surface area contributed by atoms with E-state index in [1.807, 2.05) is 58.3 Å². The molecule has 1 fully saturated rings. The maximum absolute atomic E-state index is 12.9. The lowest BCUT2D eigenvalue weighted by Gasteiger charge is -2.23. The van der Waals surface area contributed by atoms with E-state index in [-0.39, 0.29) is 5.91 Å². The number of rotatable bonds is 5. The zero-order chi connectivity index (χ0) is 23.7. The number of halogens is 1. The first-order valence-corrected chi connectivity index (χ1v) is 12.4. The Morgan fingerprint density at radius 3 is 2.79 bits per heavy atom. The summed E-state index contributed by atoms with van der Waals surface area (Å²) in [5.41, 5.74) is 2.39. The van der Waals surface area contributed by atoms with Gasteiger partial charge < -0.3 is 14.5 Å². The second kappa shape index (κ2) is 9.69. The van der Waals surface area contributed by atoms with Gasteiger partial charge in [0.25, 0.3) is 5.91 Å². The summed E-state index contributed by atoms with van der Waals surface area (Å²) in [5.74, 6) is 1.51. The summed E-state index contributed by atoms with van der Waals surface area (Å²) in [6.07, 6.45) is 0.851. The Kier molecular flexibility index (Phi) is 6.49. The minimum absolute atomic E-state index is 0.0923. The van der Waals surface area contributed by atoms with Crippen molar-refractivity contribution in [1.82, 2.24) is 24.6 Å². The molecule has 176 valence electrons. The van der Waals surface area contributed by atoms with Crippen molar-refractivity contribution in [3.63, 3.8) is 0 Å². The van der Waals surface area contributed by atoms with Crippen LogP contribution in [0, 0.1) is 6.92 Å². The Morgan fingerprint density at radius 2 is 2.03 bits per heavy atom. The standard InChI is InChI=1S/C24H25ClN6O2S/c1-16-21-22(29-9-5-10-30(12-11-29)24(32)19-8-4-13-34-19)26-20(15-33-2)27-23(21)31(28-16)18-7-3-6-17(25)14-18/h3-4,6-8,13-14H,5,9-12,15H2,1-2H3. The molecule has 3 aromatic heterocycles. The van der Waals surface area contributed by atoms with Gasteiger partial charge in [-0.25, -0.2) is 14.6 Å². The van der Waals surface area contributed by atoms with Crippen LogP contribution >= 0.6 is 22.9 Å². The Balaban J connectivity index is 1.53. The Morgan fingerprint density at radius 1 is 1.15 bits per heavy atom. The topological polar surface area (TPSA) is 76.4 Å². The SMILES string of the molecule is COCc1nc(N2CCCN(C(=O)c3cccs3)CC2)c2c(C)nn(-c3cccc(Cl)c3)c2n1. The molecule has 4 heterocycles. The molecular weight excluding hydrogens is 472 g/mol. The largest absolute Gasteiger partial charge is 0.377 e. The van der Waals surface area contributed by atoms with Gasteiger partial charge in [-0.3, -0.25) is 4.79 Å². The van der Waals surface area contributed by atoms with Gasteiger partial charge >= 0.3 is 0 Å². The van der Waals surface area contributed by atoms with Crippen molar-refractivity contribution in [1.29, 1.82) is 0 Å². The highest BCUT2D eigenvalue weighted by Crippen LogP contribution is 2.30. The van der Waals surface area contributed by atoms with E-state index in [2.05, 4.69) is 4.90 Å². The van der Waals surface area contributed by atoms with Gasteiger partial charge in [0.1, 0.15) is 12.4 Å². The Bertz CT molecular complexity index is 1320. The summed E-state index contributed by atoms with van der Waals surface area (Å²) in [6.45, 7) is 5.07. The van der Waals surface area contributed by atoms with Crippen LogP contribution in [0.15, 0.2) is 41.8 Å². The van der Waals surface area contributed by atoms with E-state index >= 15 is 0 Å². The molecule has 1 amide bonds. The minimum Gasteiger partial charge on any atom is -0.377 e. The molecule has 1 aliphatic rings. The average Bonchev–Trinajstić information content (AvgIpc) is 3.40. The smallest absolute Gasteiger partial charge is 0.263 e. The number of hydrogen-bond donors (Lipinski definition) is 0. The third-order valence-corrected chi connectivity index (χ3v) is 6.96. The highest BCUT2D eigenvalue weighted by Gasteiger charge is 2.25. The molecule has 1 aromatic carbocycles. The summed E-state index contributed by atoms with van der Waals surface area (Å²) in [5, 5.41) is 8.25. The van der Waals surface area contributed by atoms with E-state index in [0.717, 1.165) is 40.4 Å². The fourth-order valence-electron chi connectivity index (χ4n) is 4.30. The van der Waals surface area contributed by atoms with Gasteiger partial charge in [0, 0.05) is 38.3 Å². The third-order valence-electron chi connectivity index (χ3n) is 5.87. The van der Waals surface area contributed by atoms with Crippen molar-refractivity contribution in [3.05, 3.63) is 63.2 Å². The molecule has 0 aliphatic carbocycles. The van der Waals surface area contributed by atoms with Crippen LogP contribution in [-0.2, 0) is 11.3 Å². The molecule has 1 aliphatic heterocycles. The third kappa shape index (κ3) is 4.38. The molecule has 0 atom stereocenters. The fourth-order valence-corrected chi connectivity index (χ4v) is 5.18. The number of hydrogen-bond acceptors (Lipinski definition) is 7. The predicted octanol–water partition coefficient (Wildman–Crippen LogP) is 4.34. The van der Waals surface area contributed by atoms with Crippen LogP contribution in [0.1, 0.15) is 27.6 Å². The molecule has 0 spiro atoms. The molecular formula is C24H25ClN6O2S. The van der Waals surface area contributed by atoms with Crippen LogP contribution in [0.2, 0.25) is 5.02 Å². The molecule has 0 bridgehead atoms. The lowest BCUT2D eigenvalue weighted by molar-refractivity contribution is 0.0772. The van der Waals surface area contributed by atoms with E-state index in [1.165, 1.54) is 11.3 Å². The lowest BCUT2D eigenvalue weighted by Crippen LogP contribution is -2.35. The Labute approximate surface area is 206 Å². The molecule has 0 N–H and O–H groups in total. The lowest BCUT2D eigenvalue weighted by atomic mass is 10.2. The molecule has 0 radical (unpaired) electrons. The number of amides is 1.